The zero-order valence-electron chi connectivity index (χ0n) is 13.1. The lowest BCUT2D eigenvalue weighted by molar-refractivity contribution is 0.395. The number of methoxy groups -OCH3 is 2. The summed E-state index contributed by atoms with van der Waals surface area (Å²) in [6, 6.07) is 12.1. The molecule has 3 heteroatoms. The van der Waals surface area contributed by atoms with Gasteiger partial charge < -0.3 is 15.2 Å². The second-order valence-electron chi connectivity index (χ2n) is 5.35. The molecule has 2 aromatic carbocycles. The van der Waals surface area contributed by atoms with Gasteiger partial charge in [-0.15, -0.1) is 0 Å². The Morgan fingerprint density at radius 3 is 2.43 bits per heavy atom. The molecule has 0 aromatic heterocycles. The summed E-state index contributed by atoms with van der Waals surface area (Å²) < 4.78 is 10.7. The van der Waals surface area contributed by atoms with Gasteiger partial charge in [0, 0.05) is 11.6 Å². The molecule has 112 valence electrons. The van der Waals surface area contributed by atoms with Crippen LogP contribution in [-0.4, -0.2) is 14.2 Å². The highest BCUT2D eigenvalue weighted by atomic mass is 16.5. The van der Waals surface area contributed by atoms with E-state index in [4.69, 9.17) is 15.2 Å². The monoisotopic (exact) mass is 285 g/mol. The zero-order chi connectivity index (χ0) is 15.4. The maximum Gasteiger partial charge on any atom is 0.123 e. The summed E-state index contributed by atoms with van der Waals surface area (Å²) in [5.74, 6) is 1.59. The van der Waals surface area contributed by atoms with Crippen molar-refractivity contribution in [1.29, 1.82) is 0 Å². The highest BCUT2D eigenvalue weighted by Gasteiger charge is 2.15. The van der Waals surface area contributed by atoms with Crippen LogP contribution in [0.4, 0.5) is 0 Å². The molecule has 1 unspecified atom stereocenters. The molecule has 0 aliphatic heterocycles. The summed E-state index contributed by atoms with van der Waals surface area (Å²) in [7, 11) is 3.32. The van der Waals surface area contributed by atoms with E-state index in [1.165, 1.54) is 16.7 Å². The second-order valence-corrected chi connectivity index (χ2v) is 5.35. The lowest BCUT2D eigenvalue weighted by atomic mass is 9.95. The molecule has 0 heterocycles. The van der Waals surface area contributed by atoms with Crippen LogP contribution in [0, 0.1) is 13.8 Å². The van der Waals surface area contributed by atoms with Crippen molar-refractivity contribution >= 4 is 0 Å². The van der Waals surface area contributed by atoms with Crippen molar-refractivity contribution in [2.45, 2.75) is 26.3 Å². The third-order valence-electron chi connectivity index (χ3n) is 3.78. The normalized spacial score (nSPS) is 12.0. The van der Waals surface area contributed by atoms with Crippen molar-refractivity contribution in [1.82, 2.24) is 0 Å². The zero-order valence-corrected chi connectivity index (χ0v) is 13.1. The molecule has 0 amide bonds. The molecule has 2 aromatic rings. The van der Waals surface area contributed by atoms with Crippen molar-refractivity contribution in [2.75, 3.05) is 14.2 Å². The average molecular weight is 285 g/mol. The summed E-state index contributed by atoms with van der Waals surface area (Å²) >= 11 is 0. The molecule has 0 spiro atoms. The Kier molecular flexibility index (Phi) is 4.86. The molecule has 0 saturated carbocycles. The predicted octanol–water partition coefficient (Wildman–Crippen LogP) is 3.56. The smallest absolute Gasteiger partial charge is 0.123 e. The first-order valence-electron chi connectivity index (χ1n) is 7.08. The van der Waals surface area contributed by atoms with Crippen molar-refractivity contribution in [3.05, 3.63) is 58.7 Å². The molecule has 2 rings (SSSR count). The Labute approximate surface area is 126 Å². The third kappa shape index (κ3) is 3.56. The fourth-order valence-corrected chi connectivity index (χ4v) is 2.50. The average Bonchev–Trinajstić information content (AvgIpc) is 2.50. The van der Waals surface area contributed by atoms with Gasteiger partial charge in [0.1, 0.15) is 11.5 Å². The maximum atomic E-state index is 6.41. The van der Waals surface area contributed by atoms with Crippen LogP contribution < -0.4 is 15.2 Å². The minimum atomic E-state index is -0.129. The molecule has 0 fully saturated rings. The summed E-state index contributed by atoms with van der Waals surface area (Å²) in [6.07, 6.45) is 0.775. The molecule has 21 heavy (non-hydrogen) atoms. The van der Waals surface area contributed by atoms with Gasteiger partial charge in [0.25, 0.3) is 0 Å². The first-order chi connectivity index (χ1) is 10.0. The van der Waals surface area contributed by atoms with Crippen LogP contribution in [-0.2, 0) is 6.42 Å². The van der Waals surface area contributed by atoms with Gasteiger partial charge in [0.2, 0.25) is 0 Å². The predicted molar refractivity (Wildman–Crippen MR) is 86.1 cm³/mol. The number of hydrogen-bond acceptors (Lipinski definition) is 3. The number of ether oxygens (including phenoxy) is 2. The molecule has 0 bridgehead atoms. The summed E-state index contributed by atoms with van der Waals surface area (Å²) in [6.45, 7) is 4.21. The van der Waals surface area contributed by atoms with Crippen LogP contribution in [0.1, 0.15) is 28.3 Å². The van der Waals surface area contributed by atoms with E-state index in [-0.39, 0.29) is 6.04 Å². The van der Waals surface area contributed by atoms with E-state index >= 15 is 0 Å². The number of benzene rings is 2. The molecule has 2 N–H and O–H groups in total. The van der Waals surface area contributed by atoms with Gasteiger partial charge in [-0.05, 0) is 49.6 Å². The molecule has 1 atom stereocenters. The molecule has 0 saturated heterocycles. The van der Waals surface area contributed by atoms with E-state index in [0.717, 1.165) is 23.5 Å². The molecule has 0 radical (unpaired) electrons. The lowest BCUT2D eigenvalue weighted by Gasteiger charge is -2.18. The van der Waals surface area contributed by atoms with E-state index in [1.54, 1.807) is 14.2 Å². The third-order valence-corrected chi connectivity index (χ3v) is 3.78. The molecule has 0 aliphatic rings. The van der Waals surface area contributed by atoms with E-state index in [0.29, 0.717) is 0 Å². The Morgan fingerprint density at radius 1 is 1.00 bits per heavy atom. The van der Waals surface area contributed by atoms with Gasteiger partial charge in [-0.1, -0.05) is 23.8 Å². The summed E-state index contributed by atoms with van der Waals surface area (Å²) in [5.41, 5.74) is 11.2. The van der Waals surface area contributed by atoms with Crippen molar-refractivity contribution in [3.63, 3.8) is 0 Å². The Balaban J connectivity index is 2.31. The number of aryl methyl sites for hydroxylation is 2. The van der Waals surface area contributed by atoms with E-state index in [1.807, 2.05) is 18.2 Å². The van der Waals surface area contributed by atoms with Gasteiger partial charge in [0.15, 0.2) is 0 Å². The fraction of sp³-hybridized carbons (Fsp3) is 0.333. The lowest BCUT2D eigenvalue weighted by Crippen LogP contribution is -2.15. The SMILES string of the molecule is COc1ccc(OC)c(C(N)Cc2cc(C)ccc2C)c1. The van der Waals surface area contributed by atoms with Gasteiger partial charge >= 0.3 is 0 Å². The maximum absolute atomic E-state index is 6.41. The quantitative estimate of drug-likeness (QED) is 0.913. The highest BCUT2D eigenvalue weighted by molar-refractivity contribution is 5.43. The van der Waals surface area contributed by atoms with Crippen molar-refractivity contribution in [2.24, 2.45) is 5.73 Å². The van der Waals surface area contributed by atoms with Crippen molar-refractivity contribution in [3.8, 4) is 11.5 Å². The number of hydrogen-bond donors (Lipinski definition) is 1. The minimum absolute atomic E-state index is 0.129. The first-order valence-corrected chi connectivity index (χ1v) is 7.08. The Bertz CT molecular complexity index is 623. The van der Waals surface area contributed by atoms with Crippen LogP contribution >= 0.6 is 0 Å². The molecular weight excluding hydrogens is 262 g/mol. The number of rotatable bonds is 5. The van der Waals surface area contributed by atoms with Crippen LogP contribution in [0.3, 0.4) is 0 Å². The summed E-state index contributed by atoms with van der Waals surface area (Å²) in [4.78, 5) is 0. The van der Waals surface area contributed by atoms with E-state index in [9.17, 15) is 0 Å². The van der Waals surface area contributed by atoms with Crippen LogP contribution in [0.25, 0.3) is 0 Å². The Hall–Kier alpha value is -2.00. The van der Waals surface area contributed by atoms with E-state index in [2.05, 4.69) is 32.0 Å². The topological polar surface area (TPSA) is 44.5 Å². The number of nitrogens with two attached hydrogens (primary N) is 1. The van der Waals surface area contributed by atoms with Crippen LogP contribution in [0.2, 0.25) is 0 Å². The molecular formula is C18H23NO2. The minimum Gasteiger partial charge on any atom is -0.497 e. The van der Waals surface area contributed by atoms with Gasteiger partial charge in [0.05, 0.1) is 14.2 Å². The van der Waals surface area contributed by atoms with Gasteiger partial charge in [-0.3, -0.25) is 0 Å². The van der Waals surface area contributed by atoms with Crippen LogP contribution in [0.15, 0.2) is 36.4 Å². The van der Waals surface area contributed by atoms with Gasteiger partial charge in [-0.25, -0.2) is 0 Å². The first kappa shape index (κ1) is 15.4. The Morgan fingerprint density at radius 2 is 1.76 bits per heavy atom. The summed E-state index contributed by atoms with van der Waals surface area (Å²) in [5, 5.41) is 0. The molecule has 3 nitrogen and oxygen atoms in total. The largest absolute Gasteiger partial charge is 0.497 e. The van der Waals surface area contributed by atoms with Gasteiger partial charge in [-0.2, -0.15) is 0 Å². The fourth-order valence-electron chi connectivity index (χ4n) is 2.50. The standard InChI is InChI=1S/C18H23NO2/c1-12-5-6-13(2)14(9-12)10-17(19)16-11-15(20-3)7-8-18(16)21-4/h5-9,11,17H,10,19H2,1-4H3. The van der Waals surface area contributed by atoms with E-state index < -0.39 is 0 Å². The highest BCUT2D eigenvalue weighted by Crippen LogP contribution is 2.30. The molecule has 0 aliphatic carbocycles. The second kappa shape index (κ2) is 6.64. The van der Waals surface area contributed by atoms with Crippen LogP contribution in [0.5, 0.6) is 11.5 Å². The van der Waals surface area contributed by atoms with Crippen molar-refractivity contribution < 1.29 is 9.47 Å².